The van der Waals surface area contributed by atoms with E-state index in [2.05, 4.69) is 58.7 Å². The second-order valence-corrected chi connectivity index (χ2v) is 10.6. The number of nitrogens with zero attached hydrogens (tertiary/aromatic N) is 3. The quantitative estimate of drug-likeness (QED) is 0.563. The topological polar surface area (TPSA) is 81.6 Å². The zero-order valence-electron chi connectivity index (χ0n) is 21.2. The predicted molar refractivity (Wildman–Crippen MR) is 139 cm³/mol. The summed E-state index contributed by atoms with van der Waals surface area (Å²) in [6, 6.07) is 10.7. The molecule has 0 bridgehead atoms. The molecule has 2 aromatic heterocycles. The summed E-state index contributed by atoms with van der Waals surface area (Å²) in [5, 5.41) is 10.5. The van der Waals surface area contributed by atoms with Crippen LogP contribution >= 0.6 is 0 Å². The van der Waals surface area contributed by atoms with Crippen molar-refractivity contribution in [2.45, 2.75) is 45.2 Å². The number of aromatic nitrogens is 2. The van der Waals surface area contributed by atoms with Crippen molar-refractivity contribution in [1.82, 2.24) is 19.4 Å². The standard InChI is InChI=1S/C28H36N4O3/c1-5-17-13-22(28(34)35)27(33)29-26(17)18-9-10-24-20(11-18)12-21(31(24)4)15-32-14-19-7-6-8-25(30(2)3)23(19)16-32/h9-13,19,23,25H,5-8,14-16H2,1-4H3,(H,29,33)(H,34,35)/t19?,23-,25+/m0/s1. The number of fused-ring (bicyclic) bond motifs is 2. The Morgan fingerprint density at radius 1 is 1.17 bits per heavy atom. The summed E-state index contributed by atoms with van der Waals surface area (Å²) in [5.41, 5.74) is 4.11. The van der Waals surface area contributed by atoms with E-state index in [1.54, 1.807) is 0 Å². The molecule has 0 radical (unpaired) electrons. The fraction of sp³-hybridized carbons (Fsp3) is 0.500. The average Bonchev–Trinajstić information content (AvgIpc) is 3.38. The van der Waals surface area contributed by atoms with Gasteiger partial charge in [0.25, 0.3) is 5.56 Å². The fourth-order valence-corrected chi connectivity index (χ4v) is 6.51. The zero-order valence-corrected chi connectivity index (χ0v) is 21.2. The van der Waals surface area contributed by atoms with Gasteiger partial charge in [-0.05, 0) is 80.6 Å². The summed E-state index contributed by atoms with van der Waals surface area (Å²) >= 11 is 0. The summed E-state index contributed by atoms with van der Waals surface area (Å²) in [6.07, 6.45) is 4.64. The van der Waals surface area contributed by atoms with Crippen molar-refractivity contribution >= 4 is 16.9 Å². The smallest absolute Gasteiger partial charge is 0.341 e. The number of benzene rings is 1. The van der Waals surface area contributed by atoms with Gasteiger partial charge >= 0.3 is 5.97 Å². The van der Waals surface area contributed by atoms with Crippen LogP contribution in [0.15, 0.2) is 35.1 Å². The molecule has 0 spiro atoms. The number of hydrogen-bond donors (Lipinski definition) is 2. The van der Waals surface area contributed by atoms with Gasteiger partial charge < -0.3 is 19.6 Å². The van der Waals surface area contributed by atoms with Crippen LogP contribution in [-0.4, -0.2) is 63.7 Å². The third-order valence-electron chi connectivity index (χ3n) is 8.35. The molecule has 3 atom stereocenters. The number of carboxylic acid groups (broad SMARTS) is 1. The maximum atomic E-state index is 12.4. The van der Waals surface area contributed by atoms with Crippen LogP contribution in [0.4, 0.5) is 0 Å². The highest BCUT2D eigenvalue weighted by atomic mass is 16.4. The number of aryl methyl sites for hydroxylation is 2. The largest absolute Gasteiger partial charge is 0.477 e. The molecular formula is C28H36N4O3. The average molecular weight is 477 g/mol. The molecule has 1 unspecified atom stereocenters. The number of nitrogens with one attached hydrogen (secondary N) is 1. The molecule has 2 N–H and O–H groups in total. The SMILES string of the molecule is CCc1cc(C(=O)O)c(=O)[nH]c1-c1ccc2c(c1)cc(CN1CC3CCC[C@@H](N(C)C)[C@H]3C1)n2C. The van der Waals surface area contributed by atoms with Crippen LogP contribution in [0, 0.1) is 11.8 Å². The molecule has 2 fully saturated rings. The highest BCUT2D eigenvalue weighted by molar-refractivity contribution is 5.89. The van der Waals surface area contributed by atoms with E-state index >= 15 is 0 Å². The van der Waals surface area contributed by atoms with E-state index in [4.69, 9.17) is 0 Å². The third-order valence-corrected chi connectivity index (χ3v) is 8.35. The number of H-pyrrole nitrogens is 1. The van der Waals surface area contributed by atoms with E-state index in [0.717, 1.165) is 47.0 Å². The van der Waals surface area contributed by atoms with Gasteiger partial charge in [-0.15, -0.1) is 0 Å². The molecule has 35 heavy (non-hydrogen) atoms. The van der Waals surface area contributed by atoms with Crippen LogP contribution in [0.5, 0.6) is 0 Å². The lowest BCUT2D eigenvalue weighted by Gasteiger charge is -2.37. The van der Waals surface area contributed by atoms with E-state index in [1.807, 2.05) is 13.0 Å². The summed E-state index contributed by atoms with van der Waals surface area (Å²) in [6.45, 7) is 5.25. The normalized spacial score (nSPS) is 22.7. The van der Waals surface area contributed by atoms with Crippen LogP contribution < -0.4 is 5.56 Å². The molecule has 186 valence electrons. The predicted octanol–water partition coefficient (Wildman–Crippen LogP) is 3.96. The van der Waals surface area contributed by atoms with Crippen molar-refractivity contribution in [2.75, 3.05) is 27.2 Å². The molecule has 1 saturated carbocycles. The first-order chi connectivity index (χ1) is 16.8. The molecule has 2 aliphatic rings. The Bertz CT molecular complexity index is 1320. The molecule has 0 amide bonds. The van der Waals surface area contributed by atoms with Gasteiger partial charge in [-0.2, -0.15) is 0 Å². The number of hydrogen-bond acceptors (Lipinski definition) is 4. The Kier molecular flexibility index (Phi) is 6.32. The molecule has 1 aromatic carbocycles. The third kappa shape index (κ3) is 4.32. The van der Waals surface area contributed by atoms with Gasteiger partial charge in [0.05, 0.1) is 5.69 Å². The molecule has 5 rings (SSSR count). The number of pyridine rings is 1. The van der Waals surface area contributed by atoms with E-state index < -0.39 is 11.5 Å². The van der Waals surface area contributed by atoms with Gasteiger partial charge in [0.1, 0.15) is 5.56 Å². The Morgan fingerprint density at radius 3 is 2.69 bits per heavy atom. The Balaban J connectivity index is 1.43. The molecule has 7 nitrogen and oxygen atoms in total. The lowest BCUT2D eigenvalue weighted by atomic mass is 9.77. The number of likely N-dealkylation sites (tertiary alicyclic amines) is 1. The van der Waals surface area contributed by atoms with Gasteiger partial charge in [0.15, 0.2) is 0 Å². The molecule has 1 saturated heterocycles. The van der Waals surface area contributed by atoms with Crippen molar-refractivity contribution in [3.8, 4) is 11.3 Å². The minimum atomic E-state index is -1.20. The van der Waals surface area contributed by atoms with Gasteiger partial charge in [-0.25, -0.2) is 4.79 Å². The van der Waals surface area contributed by atoms with Crippen molar-refractivity contribution in [1.29, 1.82) is 0 Å². The molecule has 7 heteroatoms. The van der Waals surface area contributed by atoms with E-state index in [-0.39, 0.29) is 5.56 Å². The molecule has 1 aliphatic heterocycles. The van der Waals surface area contributed by atoms with E-state index in [9.17, 15) is 14.7 Å². The first-order valence-corrected chi connectivity index (χ1v) is 12.7. The Hall–Kier alpha value is -2.90. The van der Waals surface area contributed by atoms with Crippen molar-refractivity contribution in [3.63, 3.8) is 0 Å². The number of aromatic amines is 1. The molecule has 3 heterocycles. The van der Waals surface area contributed by atoms with Gasteiger partial charge in [0.2, 0.25) is 0 Å². The fourth-order valence-electron chi connectivity index (χ4n) is 6.51. The summed E-state index contributed by atoms with van der Waals surface area (Å²) in [4.78, 5) is 31.6. The minimum Gasteiger partial charge on any atom is -0.477 e. The van der Waals surface area contributed by atoms with E-state index in [1.165, 1.54) is 37.6 Å². The molecule has 3 aromatic rings. The van der Waals surface area contributed by atoms with E-state index in [0.29, 0.717) is 18.2 Å². The van der Waals surface area contributed by atoms with Crippen molar-refractivity contribution in [2.24, 2.45) is 18.9 Å². The first-order valence-electron chi connectivity index (χ1n) is 12.7. The van der Waals surface area contributed by atoms with Crippen LogP contribution in [0.25, 0.3) is 22.2 Å². The van der Waals surface area contributed by atoms with Crippen LogP contribution in [-0.2, 0) is 20.0 Å². The van der Waals surface area contributed by atoms with Gasteiger partial charge in [-0.1, -0.05) is 19.4 Å². The summed E-state index contributed by atoms with van der Waals surface area (Å²) < 4.78 is 2.28. The Morgan fingerprint density at radius 2 is 1.97 bits per heavy atom. The van der Waals surface area contributed by atoms with Gasteiger partial charge in [-0.3, -0.25) is 9.69 Å². The maximum Gasteiger partial charge on any atom is 0.341 e. The summed E-state index contributed by atoms with van der Waals surface area (Å²) in [7, 11) is 6.58. The first kappa shape index (κ1) is 23.8. The van der Waals surface area contributed by atoms with Crippen molar-refractivity contribution < 1.29 is 9.90 Å². The lowest BCUT2D eigenvalue weighted by molar-refractivity contribution is 0.0695. The number of aromatic carboxylic acids is 1. The van der Waals surface area contributed by atoms with Crippen LogP contribution in [0.3, 0.4) is 0 Å². The highest BCUT2D eigenvalue weighted by Crippen LogP contribution is 2.39. The number of carbonyl (C=O) groups is 1. The number of carboxylic acids is 1. The minimum absolute atomic E-state index is 0.212. The lowest BCUT2D eigenvalue weighted by Crippen LogP contribution is -2.41. The second-order valence-electron chi connectivity index (χ2n) is 10.6. The molecule has 1 aliphatic carbocycles. The second kappa shape index (κ2) is 9.28. The van der Waals surface area contributed by atoms with Crippen LogP contribution in [0.1, 0.15) is 47.8 Å². The Labute approximate surface area is 206 Å². The number of rotatable bonds is 6. The monoisotopic (exact) mass is 476 g/mol. The van der Waals surface area contributed by atoms with Crippen LogP contribution in [0.2, 0.25) is 0 Å². The van der Waals surface area contributed by atoms with Gasteiger partial charge in [0, 0.05) is 49.3 Å². The maximum absolute atomic E-state index is 12.4. The van der Waals surface area contributed by atoms with Crippen molar-refractivity contribution in [3.05, 3.63) is 57.5 Å². The zero-order chi connectivity index (χ0) is 24.9. The highest BCUT2D eigenvalue weighted by Gasteiger charge is 2.41. The molecular weight excluding hydrogens is 440 g/mol. The summed E-state index contributed by atoms with van der Waals surface area (Å²) in [5.74, 6) is 0.364.